The Bertz CT molecular complexity index is 628. The third kappa shape index (κ3) is 3.01. The molecule has 0 aliphatic rings. The van der Waals surface area contributed by atoms with E-state index in [2.05, 4.69) is 4.99 Å². The second-order valence-electron chi connectivity index (χ2n) is 4.24. The summed E-state index contributed by atoms with van der Waals surface area (Å²) >= 11 is 0. The minimum atomic E-state index is -0.942. The summed E-state index contributed by atoms with van der Waals surface area (Å²) in [5.74, 6) is -1.05. The number of carbonyl (C=O) groups is 1. The molecule has 1 atom stereocenters. The molecule has 0 aliphatic carbocycles. The van der Waals surface area contributed by atoms with E-state index < -0.39 is 12.0 Å². The highest BCUT2D eigenvalue weighted by Gasteiger charge is 2.17. The number of rotatable bonds is 4. The maximum atomic E-state index is 10.9. The Morgan fingerprint density at radius 3 is 2.53 bits per heavy atom. The zero-order valence-corrected chi connectivity index (χ0v) is 10.3. The van der Waals surface area contributed by atoms with Gasteiger partial charge in [0.1, 0.15) is 0 Å². The van der Waals surface area contributed by atoms with Gasteiger partial charge in [-0.3, -0.25) is 4.79 Å². The zero-order valence-electron chi connectivity index (χ0n) is 10.3. The van der Waals surface area contributed by atoms with Crippen LogP contribution in [0.15, 0.2) is 47.5 Å². The first-order valence-corrected chi connectivity index (χ1v) is 5.86. The summed E-state index contributed by atoms with van der Waals surface area (Å²) in [5.41, 5.74) is 11.6. The van der Waals surface area contributed by atoms with Crippen LogP contribution in [0.1, 0.15) is 18.0 Å². The van der Waals surface area contributed by atoms with E-state index in [1.54, 1.807) is 0 Å². The number of hydrogen-bond donors (Lipinski definition) is 3. The van der Waals surface area contributed by atoms with Gasteiger partial charge < -0.3 is 16.6 Å². The summed E-state index contributed by atoms with van der Waals surface area (Å²) < 4.78 is 0. The Labute approximate surface area is 110 Å². The molecule has 0 aliphatic heterocycles. The molecule has 5 N–H and O–H groups in total. The van der Waals surface area contributed by atoms with E-state index in [4.69, 9.17) is 16.6 Å². The standard InChI is InChI=1S/C14H15N3O2/c15-14(16)17-12(8-13(18)19)11-7-3-5-9-4-1-2-6-10(9)11/h1-7,12H,8H2,(H,18,19)(H4,15,16,17). The molecule has 0 saturated heterocycles. The molecule has 0 aromatic heterocycles. The van der Waals surface area contributed by atoms with E-state index in [9.17, 15) is 4.79 Å². The maximum Gasteiger partial charge on any atom is 0.305 e. The molecule has 5 nitrogen and oxygen atoms in total. The Balaban J connectivity index is 2.55. The van der Waals surface area contributed by atoms with Crippen molar-refractivity contribution >= 4 is 22.7 Å². The lowest BCUT2D eigenvalue weighted by Crippen LogP contribution is -2.24. The molecular weight excluding hydrogens is 242 g/mol. The highest BCUT2D eigenvalue weighted by atomic mass is 16.4. The lowest BCUT2D eigenvalue weighted by Gasteiger charge is -2.13. The van der Waals surface area contributed by atoms with E-state index in [0.29, 0.717) is 0 Å². The van der Waals surface area contributed by atoms with Crippen molar-refractivity contribution in [1.82, 2.24) is 0 Å². The quantitative estimate of drug-likeness (QED) is 0.572. The van der Waals surface area contributed by atoms with Crippen molar-refractivity contribution in [3.8, 4) is 0 Å². The second-order valence-corrected chi connectivity index (χ2v) is 4.24. The van der Waals surface area contributed by atoms with Crippen LogP contribution in [0.2, 0.25) is 0 Å². The fourth-order valence-corrected chi connectivity index (χ4v) is 2.11. The number of nitrogens with zero attached hydrogens (tertiary/aromatic N) is 1. The van der Waals surface area contributed by atoms with E-state index in [0.717, 1.165) is 16.3 Å². The molecule has 5 heteroatoms. The number of fused-ring (bicyclic) bond motifs is 1. The summed E-state index contributed by atoms with van der Waals surface area (Å²) in [6.07, 6.45) is -0.147. The van der Waals surface area contributed by atoms with E-state index in [1.807, 2.05) is 42.5 Å². The van der Waals surface area contributed by atoms with Crippen molar-refractivity contribution in [3.63, 3.8) is 0 Å². The van der Waals surface area contributed by atoms with Crippen LogP contribution in [-0.2, 0) is 4.79 Å². The van der Waals surface area contributed by atoms with Gasteiger partial charge >= 0.3 is 5.97 Å². The van der Waals surface area contributed by atoms with Crippen LogP contribution in [0, 0.1) is 0 Å². The Kier molecular flexibility index (Phi) is 3.66. The molecule has 19 heavy (non-hydrogen) atoms. The summed E-state index contributed by atoms with van der Waals surface area (Å²) in [7, 11) is 0. The third-order valence-corrected chi connectivity index (χ3v) is 2.86. The molecule has 0 heterocycles. The summed E-state index contributed by atoms with van der Waals surface area (Å²) in [6, 6.07) is 12.8. The molecule has 0 saturated carbocycles. The van der Waals surface area contributed by atoms with Crippen LogP contribution in [0.4, 0.5) is 0 Å². The Hall–Kier alpha value is -2.56. The molecular formula is C14H15N3O2. The van der Waals surface area contributed by atoms with E-state index in [1.165, 1.54) is 0 Å². The average molecular weight is 257 g/mol. The Morgan fingerprint density at radius 2 is 1.84 bits per heavy atom. The molecule has 0 bridgehead atoms. The number of benzene rings is 2. The van der Waals surface area contributed by atoms with Gasteiger partial charge in [0.15, 0.2) is 5.96 Å². The van der Waals surface area contributed by atoms with Gasteiger partial charge in [-0.15, -0.1) is 0 Å². The normalized spacial score (nSPS) is 12.0. The first-order chi connectivity index (χ1) is 9.08. The maximum absolute atomic E-state index is 10.9. The molecule has 0 fully saturated rings. The molecule has 2 aromatic carbocycles. The number of guanidine groups is 1. The fourth-order valence-electron chi connectivity index (χ4n) is 2.11. The molecule has 2 rings (SSSR count). The lowest BCUT2D eigenvalue weighted by molar-refractivity contribution is -0.137. The monoisotopic (exact) mass is 257 g/mol. The summed E-state index contributed by atoms with van der Waals surface area (Å²) in [5, 5.41) is 11.0. The first kappa shape index (κ1) is 12.9. The SMILES string of the molecule is NC(N)=NC(CC(=O)O)c1cccc2ccccc12. The van der Waals surface area contributed by atoms with E-state index >= 15 is 0 Å². The first-order valence-electron chi connectivity index (χ1n) is 5.86. The fraction of sp³-hybridized carbons (Fsp3) is 0.143. The van der Waals surface area contributed by atoms with Gasteiger partial charge in [0.2, 0.25) is 0 Å². The number of carboxylic acids is 1. The van der Waals surface area contributed by atoms with Gasteiger partial charge in [0.25, 0.3) is 0 Å². The van der Waals surface area contributed by atoms with Crippen molar-refractivity contribution in [3.05, 3.63) is 48.0 Å². The molecule has 0 amide bonds. The van der Waals surface area contributed by atoms with E-state index in [-0.39, 0.29) is 12.4 Å². The van der Waals surface area contributed by atoms with Crippen LogP contribution in [0.5, 0.6) is 0 Å². The van der Waals surface area contributed by atoms with Gasteiger partial charge in [0.05, 0.1) is 12.5 Å². The number of hydrogen-bond acceptors (Lipinski definition) is 2. The van der Waals surface area contributed by atoms with Crippen LogP contribution in [0.3, 0.4) is 0 Å². The highest BCUT2D eigenvalue weighted by Crippen LogP contribution is 2.28. The number of aliphatic imine (C=N–C) groups is 1. The Morgan fingerprint density at radius 1 is 1.16 bits per heavy atom. The van der Waals surface area contributed by atoms with Crippen LogP contribution in [0.25, 0.3) is 10.8 Å². The van der Waals surface area contributed by atoms with Gasteiger partial charge in [0, 0.05) is 0 Å². The molecule has 2 aromatic rings. The van der Waals surface area contributed by atoms with Crippen molar-refractivity contribution in [1.29, 1.82) is 0 Å². The van der Waals surface area contributed by atoms with Gasteiger partial charge in [-0.25, -0.2) is 4.99 Å². The summed E-state index contributed by atoms with van der Waals surface area (Å²) in [6.45, 7) is 0. The minimum absolute atomic E-state index is 0.112. The molecule has 0 radical (unpaired) electrons. The van der Waals surface area contributed by atoms with Gasteiger partial charge in [-0.1, -0.05) is 42.5 Å². The molecule has 98 valence electrons. The van der Waals surface area contributed by atoms with Crippen LogP contribution in [-0.4, -0.2) is 17.0 Å². The highest BCUT2D eigenvalue weighted by molar-refractivity contribution is 5.87. The van der Waals surface area contributed by atoms with Crippen molar-refractivity contribution in [2.75, 3.05) is 0 Å². The third-order valence-electron chi connectivity index (χ3n) is 2.86. The number of nitrogens with two attached hydrogens (primary N) is 2. The van der Waals surface area contributed by atoms with Gasteiger partial charge in [-0.05, 0) is 16.3 Å². The predicted molar refractivity (Wildman–Crippen MR) is 74.8 cm³/mol. The second kappa shape index (κ2) is 5.39. The number of carboxylic acid groups (broad SMARTS) is 1. The minimum Gasteiger partial charge on any atom is -0.481 e. The van der Waals surface area contributed by atoms with Crippen molar-refractivity contribution < 1.29 is 9.90 Å². The average Bonchev–Trinajstić information content (AvgIpc) is 2.36. The largest absolute Gasteiger partial charge is 0.481 e. The van der Waals surface area contributed by atoms with Crippen molar-refractivity contribution in [2.24, 2.45) is 16.5 Å². The van der Waals surface area contributed by atoms with Crippen LogP contribution < -0.4 is 11.5 Å². The van der Waals surface area contributed by atoms with Gasteiger partial charge in [-0.2, -0.15) is 0 Å². The van der Waals surface area contributed by atoms with Crippen LogP contribution >= 0.6 is 0 Å². The smallest absolute Gasteiger partial charge is 0.305 e. The molecule has 0 spiro atoms. The molecule has 1 unspecified atom stereocenters. The predicted octanol–water partition coefficient (Wildman–Crippen LogP) is 1.63. The lowest BCUT2D eigenvalue weighted by atomic mass is 9.97. The number of aliphatic carboxylic acids is 1. The zero-order chi connectivity index (χ0) is 13.8. The summed E-state index contributed by atoms with van der Waals surface area (Å²) in [4.78, 5) is 15.0. The topological polar surface area (TPSA) is 102 Å². The van der Waals surface area contributed by atoms with Crippen molar-refractivity contribution in [2.45, 2.75) is 12.5 Å².